The van der Waals surface area contributed by atoms with E-state index in [1.54, 1.807) is 0 Å². The molecule has 0 aliphatic carbocycles. The van der Waals surface area contributed by atoms with Gasteiger partial charge in [-0.1, -0.05) is 0 Å². The Morgan fingerprint density at radius 2 is 0.438 bits per heavy atom. The number of hydrogen-bond acceptors (Lipinski definition) is 3. The molecule has 16 heavy (non-hydrogen) atoms. The third-order valence-corrected chi connectivity index (χ3v) is 0. The van der Waals surface area contributed by atoms with E-state index in [0.29, 0.717) is 0 Å². The molecule has 12 nitrogen and oxygen atoms in total. The van der Waals surface area contributed by atoms with Crippen LogP contribution in [0.2, 0.25) is 0 Å². The minimum absolute atomic E-state index is 0. The maximum atomic E-state index is 8.88. The second-order valence-electron chi connectivity index (χ2n) is 1.54. The summed E-state index contributed by atoms with van der Waals surface area (Å²) in [6.07, 6.45) is 0. The van der Waals surface area contributed by atoms with Crippen molar-refractivity contribution in [2.45, 2.75) is 0 Å². The third kappa shape index (κ3) is 1200. The minimum Gasteiger partial charge on any atom is -0.303 e. The molecule has 100 valence electrons. The smallest absolute Gasteiger partial charge is 0.303 e. The van der Waals surface area contributed by atoms with Gasteiger partial charge in [-0.25, -0.2) is 13.7 Å². The maximum Gasteiger partial charge on any atom is 0.466 e. The molecule has 0 saturated heterocycles. The molecule has 0 aromatic heterocycles. The summed E-state index contributed by atoms with van der Waals surface area (Å²) in [7, 11) is -13.9. The minimum atomic E-state index is -4.64. The molecule has 0 bridgehead atoms. The molecular weight excluding hydrogens is 429 g/mol. The van der Waals surface area contributed by atoms with Gasteiger partial charge in [0, 0.05) is 40.8 Å². The normalized spacial score (nSPS) is 11.1. The number of hydrogen-bond donors (Lipinski definition) is 9. The van der Waals surface area contributed by atoms with Crippen LogP contribution in [0.15, 0.2) is 0 Å². The summed E-state index contributed by atoms with van der Waals surface area (Å²) in [6, 6.07) is 0. The molecule has 0 aromatic rings. The van der Waals surface area contributed by atoms with Crippen LogP contribution in [-0.2, 0) is 13.7 Å². The molecule has 0 spiro atoms. The van der Waals surface area contributed by atoms with Crippen LogP contribution >= 0.6 is 23.5 Å². The average molecular weight is 438 g/mol. The Bertz CT molecular complexity index is 202. The van der Waals surface area contributed by atoms with Crippen LogP contribution < -0.4 is 0 Å². The molecule has 0 rings (SSSR count). The Morgan fingerprint density at radius 1 is 0.438 bits per heavy atom. The predicted molar refractivity (Wildman–Crippen MR) is 42.8 cm³/mol. The van der Waals surface area contributed by atoms with Gasteiger partial charge in [0.2, 0.25) is 0 Å². The zero-order valence-corrected chi connectivity index (χ0v) is 13.0. The van der Waals surface area contributed by atoms with Crippen molar-refractivity contribution in [3.8, 4) is 0 Å². The molecule has 16 heteroatoms. The molecule has 9 N–H and O–H groups in total. The summed E-state index contributed by atoms with van der Waals surface area (Å²) in [6.45, 7) is 0. The quantitative estimate of drug-likeness (QED) is 0.175. The Kier molecular flexibility index (Phi) is 17.4. The van der Waals surface area contributed by atoms with Crippen molar-refractivity contribution >= 4 is 23.5 Å². The second kappa shape index (κ2) is 10.6. The standard InChI is InChI=1S/Nd.3H3O4P/c;3*1-5(2,3)4/h;3*(H3,1,2,3,4). The van der Waals surface area contributed by atoms with Crippen LogP contribution in [0, 0.1) is 40.8 Å². The van der Waals surface area contributed by atoms with Gasteiger partial charge in [-0.05, 0) is 0 Å². The zero-order valence-electron chi connectivity index (χ0n) is 7.09. The maximum absolute atomic E-state index is 8.88. The van der Waals surface area contributed by atoms with E-state index in [0.717, 1.165) is 0 Å². The Balaban J connectivity index is -0.0000000655. The summed E-state index contributed by atoms with van der Waals surface area (Å²) in [5, 5.41) is 0. The first-order valence-electron chi connectivity index (χ1n) is 2.35. The van der Waals surface area contributed by atoms with E-state index >= 15 is 0 Å². The van der Waals surface area contributed by atoms with E-state index in [2.05, 4.69) is 0 Å². The van der Waals surface area contributed by atoms with E-state index in [1.807, 2.05) is 0 Å². The van der Waals surface area contributed by atoms with Gasteiger partial charge >= 0.3 is 23.5 Å². The fourth-order valence-electron chi connectivity index (χ4n) is 0. The molecule has 0 heterocycles. The van der Waals surface area contributed by atoms with E-state index in [-0.39, 0.29) is 40.8 Å². The molecule has 0 unspecified atom stereocenters. The average Bonchev–Trinajstić information content (AvgIpc) is 1.41. The predicted octanol–water partition coefficient (Wildman–Crippen LogP) is -2.79. The zero-order chi connectivity index (χ0) is 13.5. The van der Waals surface area contributed by atoms with E-state index in [1.165, 1.54) is 0 Å². The van der Waals surface area contributed by atoms with Gasteiger partial charge in [0.15, 0.2) is 0 Å². The van der Waals surface area contributed by atoms with Gasteiger partial charge in [-0.3, -0.25) is 0 Å². The fraction of sp³-hybridized carbons (Fsp3) is 0. The Labute approximate surface area is 121 Å². The van der Waals surface area contributed by atoms with Crippen molar-refractivity contribution in [2.24, 2.45) is 0 Å². The van der Waals surface area contributed by atoms with Crippen molar-refractivity contribution in [3.63, 3.8) is 0 Å². The van der Waals surface area contributed by atoms with Gasteiger partial charge in [0.25, 0.3) is 0 Å². The van der Waals surface area contributed by atoms with Gasteiger partial charge in [-0.15, -0.1) is 0 Å². The summed E-state index contributed by atoms with van der Waals surface area (Å²) in [5.41, 5.74) is 0. The van der Waals surface area contributed by atoms with Crippen molar-refractivity contribution in [1.82, 2.24) is 0 Å². The number of rotatable bonds is 0. The fourth-order valence-corrected chi connectivity index (χ4v) is 0. The molecule has 0 saturated carbocycles. The largest absolute Gasteiger partial charge is 0.466 e. The summed E-state index contributed by atoms with van der Waals surface area (Å²) >= 11 is 0. The van der Waals surface area contributed by atoms with E-state index in [9.17, 15) is 0 Å². The van der Waals surface area contributed by atoms with Crippen LogP contribution in [0.5, 0.6) is 0 Å². The molecule has 0 aliphatic heterocycles. The molecule has 0 atom stereocenters. The number of phosphoric acid groups is 3. The second-order valence-corrected chi connectivity index (χ2v) is 4.62. The van der Waals surface area contributed by atoms with E-state index < -0.39 is 23.5 Å². The van der Waals surface area contributed by atoms with Crippen LogP contribution in [0.1, 0.15) is 0 Å². The van der Waals surface area contributed by atoms with Crippen LogP contribution in [-0.4, -0.2) is 44.0 Å². The van der Waals surface area contributed by atoms with Crippen molar-refractivity contribution in [2.75, 3.05) is 0 Å². The van der Waals surface area contributed by atoms with Gasteiger partial charge < -0.3 is 44.0 Å². The molecule has 0 radical (unpaired) electrons. The third-order valence-electron chi connectivity index (χ3n) is 0. The molecule has 0 fully saturated rings. The Hall–Kier alpha value is 1.68. The molecule has 0 amide bonds. The SMILES string of the molecule is O=P(O)(O)O.O=P(O)(O)O.O=P(O)(O)O.[Nd]. The first kappa shape index (κ1) is 26.3. The summed E-state index contributed by atoms with van der Waals surface area (Å²) in [4.78, 5) is 64.7. The molecular formula is H9NdO12P3. The van der Waals surface area contributed by atoms with Crippen molar-refractivity contribution in [1.29, 1.82) is 0 Å². The monoisotopic (exact) mass is 436 g/mol. The molecule has 0 aliphatic rings. The topological polar surface area (TPSA) is 233 Å². The molecule has 0 aromatic carbocycles. The van der Waals surface area contributed by atoms with Crippen LogP contribution in [0.25, 0.3) is 0 Å². The Morgan fingerprint density at radius 3 is 0.438 bits per heavy atom. The first-order chi connectivity index (χ1) is 6.00. The summed E-state index contributed by atoms with van der Waals surface area (Å²) in [5.74, 6) is 0. The summed E-state index contributed by atoms with van der Waals surface area (Å²) < 4.78 is 26.6. The van der Waals surface area contributed by atoms with Gasteiger partial charge in [0.1, 0.15) is 0 Å². The van der Waals surface area contributed by atoms with Crippen LogP contribution in [0.3, 0.4) is 0 Å². The van der Waals surface area contributed by atoms with Crippen molar-refractivity contribution < 1.29 is 98.6 Å². The first-order valence-corrected chi connectivity index (χ1v) is 7.04. The van der Waals surface area contributed by atoms with Crippen LogP contribution in [0.4, 0.5) is 0 Å². The van der Waals surface area contributed by atoms with Gasteiger partial charge in [0.05, 0.1) is 0 Å². The van der Waals surface area contributed by atoms with Crippen molar-refractivity contribution in [3.05, 3.63) is 0 Å². The van der Waals surface area contributed by atoms with E-state index in [4.69, 9.17) is 57.7 Å². The van der Waals surface area contributed by atoms with Gasteiger partial charge in [-0.2, -0.15) is 0 Å².